The minimum absolute atomic E-state index is 0.102. The lowest BCUT2D eigenvalue weighted by molar-refractivity contribution is -0.123. The summed E-state index contributed by atoms with van der Waals surface area (Å²) in [5.74, 6) is 1.73. The number of Topliss-reactive ketones (excluding diaryl/α,β-unsaturated/α-hetero) is 1. The Morgan fingerprint density at radius 3 is 2.69 bits per heavy atom. The second-order valence-electron chi connectivity index (χ2n) is 6.30. The Hall–Kier alpha value is -3.48. The maximum absolute atomic E-state index is 12.8. The molecule has 152 valence electrons. The van der Waals surface area contributed by atoms with Crippen molar-refractivity contribution in [2.75, 3.05) is 34.0 Å². The van der Waals surface area contributed by atoms with Gasteiger partial charge in [-0.25, -0.2) is 0 Å². The number of fused-ring (bicyclic) bond motifs is 1. The third-order valence-electron chi connectivity index (χ3n) is 4.37. The van der Waals surface area contributed by atoms with E-state index in [-0.39, 0.29) is 24.9 Å². The fourth-order valence-corrected chi connectivity index (χ4v) is 2.93. The Balaban J connectivity index is 1.81. The van der Waals surface area contributed by atoms with Gasteiger partial charge in [-0.05, 0) is 48.9 Å². The molecule has 1 heterocycles. The zero-order valence-corrected chi connectivity index (χ0v) is 16.6. The molecule has 0 radical (unpaired) electrons. The molecule has 7 nitrogen and oxygen atoms in total. The van der Waals surface area contributed by atoms with Crippen LogP contribution >= 0.6 is 0 Å². The van der Waals surface area contributed by atoms with Crippen molar-refractivity contribution < 1.29 is 28.5 Å². The van der Waals surface area contributed by atoms with Gasteiger partial charge in [-0.15, -0.1) is 0 Å². The highest BCUT2D eigenvalue weighted by Gasteiger charge is 2.24. The topological polar surface area (TPSA) is 83.1 Å². The van der Waals surface area contributed by atoms with Gasteiger partial charge in [0.2, 0.25) is 0 Å². The quantitative estimate of drug-likeness (QED) is 0.724. The minimum atomic E-state index is -0.209. The molecule has 2 aromatic rings. The summed E-state index contributed by atoms with van der Waals surface area (Å²) in [6.07, 6.45) is 1.75. The predicted molar refractivity (Wildman–Crippen MR) is 108 cm³/mol. The second-order valence-corrected chi connectivity index (χ2v) is 6.30. The van der Waals surface area contributed by atoms with Gasteiger partial charge in [-0.1, -0.05) is 6.07 Å². The predicted octanol–water partition coefficient (Wildman–Crippen LogP) is 2.88. The van der Waals surface area contributed by atoms with Gasteiger partial charge in [0.1, 0.15) is 18.1 Å². The molecule has 7 heteroatoms. The molecular weight excluding hydrogens is 374 g/mol. The largest absolute Gasteiger partial charge is 0.497 e. The van der Waals surface area contributed by atoms with Gasteiger partial charge in [0.05, 0.1) is 19.8 Å². The molecule has 0 spiro atoms. The van der Waals surface area contributed by atoms with E-state index in [0.717, 1.165) is 5.56 Å². The highest BCUT2D eigenvalue weighted by molar-refractivity contribution is 6.14. The van der Waals surface area contributed by atoms with Crippen LogP contribution in [0.1, 0.15) is 22.8 Å². The van der Waals surface area contributed by atoms with Crippen LogP contribution in [0.4, 0.5) is 0 Å². The summed E-state index contributed by atoms with van der Waals surface area (Å²) in [4.78, 5) is 24.4. The number of ether oxygens (including phenoxy) is 4. The van der Waals surface area contributed by atoms with E-state index in [1.54, 1.807) is 49.6 Å². The Morgan fingerprint density at radius 1 is 1.14 bits per heavy atom. The number of likely N-dealkylation sites (N-methyl/N-ethyl adjacent to an activating group) is 1. The van der Waals surface area contributed by atoms with E-state index >= 15 is 0 Å². The van der Waals surface area contributed by atoms with Gasteiger partial charge in [0, 0.05) is 12.1 Å². The van der Waals surface area contributed by atoms with Crippen molar-refractivity contribution in [1.82, 2.24) is 5.32 Å². The van der Waals surface area contributed by atoms with Crippen LogP contribution < -0.4 is 24.3 Å². The standard InChI is InChI=1S/C22H23NO6/c1-4-23-21(24)13-29-19-7-5-14(10-20(19)27-3)9-15-12-28-18-8-6-16(26-2)11-17(18)22(15)25/h5-11H,4,12-13H2,1-3H3,(H,23,24)/b15-9+. The Kier molecular flexibility index (Phi) is 6.39. The molecule has 0 saturated heterocycles. The molecule has 2 aromatic carbocycles. The number of carbonyl (C=O) groups is 2. The van der Waals surface area contributed by atoms with Gasteiger partial charge in [0.15, 0.2) is 23.9 Å². The first-order valence-electron chi connectivity index (χ1n) is 9.19. The van der Waals surface area contributed by atoms with E-state index in [9.17, 15) is 9.59 Å². The first-order chi connectivity index (χ1) is 14.0. The van der Waals surface area contributed by atoms with Crippen molar-refractivity contribution in [2.24, 2.45) is 0 Å². The number of benzene rings is 2. The van der Waals surface area contributed by atoms with Gasteiger partial charge in [-0.2, -0.15) is 0 Å². The Morgan fingerprint density at radius 2 is 1.97 bits per heavy atom. The van der Waals surface area contributed by atoms with Crippen molar-refractivity contribution >= 4 is 17.8 Å². The summed E-state index contributed by atoms with van der Waals surface area (Å²) in [5.41, 5.74) is 1.74. The van der Waals surface area contributed by atoms with E-state index in [1.165, 1.54) is 7.11 Å². The number of carbonyl (C=O) groups excluding carboxylic acids is 2. The van der Waals surface area contributed by atoms with E-state index in [2.05, 4.69) is 5.32 Å². The van der Waals surface area contributed by atoms with Crippen molar-refractivity contribution in [2.45, 2.75) is 6.92 Å². The lowest BCUT2D eigenvalue weighted by Gasteiger charge is -2.19. The number of hydrogen-bond donors (Lipinski definition) is 1. The second kappa shape index (κ2) is 9.14. The summed E-state index contributed by atoms with van der Waals surface area (Å²) in [6, 6.07) is 10.4. The molecule has 0 aromatic heterocycles. The fraction of sp³-hybridized carbons (Fsp3) is 0.273. The van der Waals surface area contributed by atoms with Crippen LogP contribution in [0.2, 0.25) is 0 Å². The SMILES string of the molecule is CCNC(=O)COc1ccc(/C=C2\COc3ccc(OC)cc3C2=O)cc1OC. The van der Waals surface area contributed by atoms with Crippen LogP contribution in [0.3, 0.4) is 0 Å². The molecule has 0 aliphatic carbocycles. The molecule has 3 rings (SSSR count). The number of ketones is 1. The average molecular weight is 397 g/mol. The minimum Gasteiger partial charge on any atom is -0.497 e. The fourth-order valence-electron chi connectivity index (χ4n) is 2.93. The van der Waals surface area contributed by atoms with Crippen molar-refractivity contribution in [3.8, 4) is 23.0 Å². The normalized spacial score (nSPS) is 14.0. The van der Waals surface area contributed by atoms with Gasteiger partial charge >= 0.3 is 0 Å². The van der Waals surface area contributed by atoms with E-state index in [1.807, 2.05) is 6.92 Å². The number of methoxy groups -OCH3 is 2. The third-order valence-corrected chi connectivity index (χ3v) is 4.37. The Labute approximate surface area is 169 Å². The van der Waals surface area contributed by atoms with Crippen LogP contribution in [-0.4, -0.2) is 45.7 Å². The molecule has 1 aliphatic rings. The van der Waals surface area contributed by atoms with Gasteiger partial charge in [0.25, 0.3) is 5.91 Å². The number of rotatable bonds is 7. The molecule has 1 N–H and O–H groups in total. The van der Waals surface area contributed by atoms with E-state index < -0.39 is 0 Å². The first kappa shape index (κ1) is 20.3. The molecule has 0 unspecified atom stereocenters. The Bertz CT molecular complexity index is 950. The zero-order chi connectivity index (χ0) is 20.8. The maximum atomic E-state index is 12.8. The average Bonchev–Trinajstić information content (AvgIpc) is 2.74. The summed E-state index contributed by atoms with van der Waals surface area (Å²) < 4.78 is 21.8. The summed E-state index contributed by atoms with van der Waals surface area (Å²) >= 11 is 0. The van der Waals surface area contributed by atoms with Crippen LogP contribution in [0, 0.1) is 0 Å². The number of amides is 1. The maximum Gasteiger partial charge on any atom is 0.257 e. The van der Waals surface area contributed by atoms with Crippen LogP contribution in [0.15, 0.2) is 42.0 Å². The summed E-state index contributed by atoms with van der Waals surface area (Å²) in [5, 5.41) is 2.67. The van der Waals surface area contributed by atoms with Gasteiger partial charge in [-0.3, -0.25) is 9.59 Å². The molecule has 0 atom stereocenters. The smallest absolute Gasteiger partial charge is 0.257 e. The van der Waals surface area contributed by atoms with Crippen LogP contribution in [-0.2, 0) is 4.79 Å². The molecular formula is C22H23NO6. The van der Waals surface area contributed by atoms with Crippen molar-refractivity contribution in [1.29, 1.82) is 0 Å². The number of nitrogens with one attached hydrogen (secondary N) is 1. The molecule has 1 aliphatic heterocycles. The first-order valence-corrected chi connectivity index (χ1v) is 9.19. The molecule has 0 saturated carbocycles. The third kappa shape index (κ3) is 4.68. The van der Waals surface area contributed by atoms with Crippen molar-refractivity contribution in [3.63, 3.8) is 0 Å². The number of hydrogen-bond acceptors (Lipinski definition) is 6. The molecule has 29 heavy (non-hydrogen) atoms. The summed E-state index contributed by atoms with van der Waals surface area (Å²) in [7, 11) is 3.07. The van der Waals surface area contributed by atoms with E-state index in [0.29, 0.717) is 40.7 Å². The highest BCUT2D eigenvalue weighted by Crippen LogP contribution is 2.33. The molecule has 0 bridgehead atoms. The monoisotopic (exact) mass is 397 g/mol. The summed E-state index contributed by atoms with van der Waals surface area (Å²) in [6.45, 7) is 2.45. The lowest BCUT2D eigenvalue weighted by atomic mass is 9.98. The molecule has 1 amide bonds. The van der Waals surface area contributed by atoms with Gasteiger partial charge < -0.3 is 24.3 Å². The zero-order valence-electron chi connectivity index (χ0n) is 16.6. The van der Waals surface area contributed by atoms with Crippen LogP contribution in [0.5, 0.6) is 23.0 Å². The van der Waals surface area contributed by atoms with E-state index in [4.69, 9.17) is 18.9 Å². The highest BCUT2D eigenvalue weighted by atomic mass is 16.5. The van der Waals surface area contributed by atoms with Crippen molar-refractivity contribution in [3.05, 3.63) is 53.1 Å². The molecule has 0 fully saturated rings. The van der Waals surface area contributed by atoms with Crippen LogP contribution in [0.25, 0.3) is 6.08 Å². The lowest BCUT2D eigenvalue weighted by Crippen LogP contribution is -2.28.